The van der Waals surface area contributed by atoms with Crippen molar-refractivity contribution in [3.8, 4) is 5.75 Å². The number of nitro benzene ring substituents is 1. The van der Waals surface area contributed by atoms with Crippen LogP contribution in [0.2, 0.25) is 0 Å². The van der Waals surface area contributed by atoms with E-state index in [0.717, 1.165) is 11.6 Å². The number of hydrogen-bond acceptors (Lipinski definition) is 8. The van der Waals surface area contributed by atoms with Crippen LogP contribution in [0.15, 0.2) is 47.4 Å². The number of benzene rings is 2. The van der Waals surface area contributed by atoms with Crippen LogP contribution in [0.1, 0.15) is 12.5 Å². The Morgan fingerprint density at radius 3 is 2.39 bits per heavy atom. The summed E-state index contributed by atoms with van der Waals surface area (Å²) in [5, 5.41) is 13.3. The highest BCUT2D eigenvalue weighted by atomic mass is 32.2. The summed E-state index contributed by atoms with van der Waals surface area (Å²) < 4.78 is 36.5. The second-order valence-corrected chi connectivity index (χ2v) is 8.17. The summed E-state index contributed by atoms with van der Waals surface area (Å²) in [6, 6.07) is 9.63. The van der Waals surface area contributed by atoms with Crippen molar-refractivity contribution >= 4 is 33.3 Å². The Balaban J connectivity index is 1.97. The van der Waals surface area contributed by atoms with Gasteiger partial charge in [-0.15, -0.1) is 0 Å². The maximum absolute atomic E-state index is 12.3. The molecule has 0 aromatic heterocycles. The number of hydrogen-bond donors (Lipinski definition) is 2. The summed E-state index contributed by atoms with van der Waals surface area (Å²) in [6.45, 7) is 2.39. The molecule has 0 saturated heterocycles. The monoisotopic (exact) mass is 451 g/mol. The molecule has 0 aliphatic heterocycles. The summed E-state index contributed by atoms with van der Waals surface area (Å²) >= 11 is 0. The van der Waals surface area contributed by atoms with Crippen molar-refractivity contribution in [2.75, 3.05) is 19.0 Å². The second kappa shape index (κ2) is 10.00. The van der Waals surface area contributed by atoms with Crippen molar-refractivity contribution in [1.82, 2.24) is 4.72 Å². The van der Waals surface area contributed by atoms with Gasteiger partial charge in [0.05, 0.1) is 22.6 Å². The van der Waals surface area contributed by atoms with E-state index in [0.29, 0.717) is 0 Å². The molecule has 11 nitrogen and oxygen atoms in total. The van der Waals surface area contributed by atoms with Crippen LogP contribution in [0.25, 0.3) is 0 Å². The maximum atomic E-state index is 12.3. The summed E-state index contributed by atoms with van der Waals surface area (Å²) in [6.07, 6.45) is -1.31. The largest absolute Gasteiger partial charge is 0.495 e. The number of carbonyl (C=O) groups is 2. The van der Waals surface area contributed by atoms with E-state index < -0.39 is 39.5 Å². The number of aryl methyl sites for hydroxylation is 1. The number of nitrogens with one attached hydrogen (secondary N) is 2. The number of carbonyl (C=O) groups excluding carboxylic acids is 2. The van der Waals surface area contributed by atoms with Gasteiger partial charge in [0, 0.05) is 12.1 Å². The molecule has 2 aromatic rings. The van der Waals surface area contributed by atoms with E-state index >= 15 is 0 Å². The van der Waals surface area contributed by atoms with Gasteiger partial charge in [0.15, 0.2) is 6.10 Å². The van der Waals surface area contributed by atoms with Gasteiger partial charge in [-0.05, 0) is 32.0 Å². The van der Waals surface area contributed by atoms with Crippen LogP contribution in [0, 0.1) is 17.0 Å². The molecule has 0 radical (unpaired) electrons. The molecule has 2 N–H and O–H groups in total. The predicted octanol–water partition coefficient (Wildman–Crippen LogP) is 1.76. The van der Waals surface area contributed by atoms with Crippen molar-refractivity contribution in [3.63, 3.8) is 0 Å². The van der Waals surface area contributed by atoms with E-state index in [1.807, 2.05) is 0 Å². The van der Waals surface area contributed by atoms with E-state index in [-0.39, 0.29) is 22.0 Å². The number of sulfonamides is 1. The van der Waals surface area contributed by atoms with Gasteiger partial charge >= 0.3 is 5.97 Å². The zero-order valence-corrected chi connectivity index (χ0v) is 17.8. The molecule has 0 aliphatic rings. The lowest BCUT2D eigenvalue weighted by atomic mass is 10.2. The molecule has 0 spiro atoms. The SMILES string of the molecule is COc1ccc([N+](=O)[O-])cc1NC(=O)C(C)OC(=O)CNS(=O)(=O)c1ccc(C)cc1. The molecule has 0 bridgehead atoms. The number of nitrogens with zero attached hydrogens (tertiary/aromatic N) is 1. The smallest absolute Gasteiger partial charge is 0.321 e. The van der Waals surface area contributed by atoms with Gasteiger partial charge in [0.2, 0.25) is 10.0 Å². The standard InChI is InChI=1S/C19H21N3O8S/c1-12-4-7-15(8-5-12)31(27,28)20-11-18(23)30-13(2)19(24)21-16-10-14(22(25)26)6-9-17(16)29-3/h4-10,13,20H,11H2,1-3H3,(H,21,24). The summed E-state index contributed by atoms with van der Waals surface area (Å²) in [4.78, 5) is 34.5. The van der Waals surface area contributed by atoms with E-state index in [1.165, 1.54) is 38.3 Å². The van der Waals surface area contributed by atoms with Crippen molar-refractivity contribution in [2.24, 2.45) is 0 Å². The third-order valence-electron chi connectivity index (χ3n) is 4.07. The fraction of sp³-hybridized carbons (Fsp3) is 0.263. The molecule has 1 atom stereocenters. The number of esters is 1. The summed E-state index contributed by atoms with van der Waals surface area (Å²) in [7, 11) is -2.61. The molecule has 1 amide bonds. The Kier molecular flexibility index (Phi) is 7.67. The Hall–Kier alpha value is -3.51. The Labute approximate surface area is 178 Å². The van der Waals surface area contributed by atoms with Gasteiger partial charge < -0.3 is 14.8 Å². The number of anilines is 1. The van der Waals surface area contributed by atoms with Gasteiger partial charge in [0.25, 0.3) is 11.6 Å². The van der Waals surface area contributed by atoms with E-state index in [4.69, 9.17) is 9.47 Å². The van der Waals surface area contributed by atoms with Crippen LogP contribution in [-0.2, 0) is 24.3 Å². The van der Waals surface area contributed by atoms with Crippen LogP contribution < -0.4 is 14.8 Å². The third kappa shape index (κ3) is 6.49. The molecule has 31 heavy (non-hydrogen) atoms. The molecule has 0 aliphatic carbocycles. The summed E-state index contributed by atoms with van der Waals surface area (Å²) in [5.74, 6) is -1.60. The highest BCUT2D eigenvalue weighted by Gasteiger charge is 2.22. The highest BCUT2D eigenvalue weighted by molar-refractivity contribution is 7.89. The number of methoxy groups -OCH3 is 1. The number of nitro groups is 1. The molecule has 166 valence electrons. The van der Waals surface area contributed by atoms with Gasteiger partial charge in [-0.2, -0.15) is 4.72 Å². The fourth-order valence-electron chi connectivity index (χ4n) is 2.39. The molecule has 2 rings (SSSR count). The Morgan fingerprint density at radius 1 is 1.16 bits per heavy atom. The lowest BCUT2D eigenvalue weighted by molar-refractivity contribution is -0.384. The van der Waals surface area contributed by atoms with Crippen molar-refractivity contribution in [2.45, 2.75) is 24.8 Å². The lowest BCUT2D eigenvalue weighted by Gasteiger charge is -2.15. The number of rotatable bonds is 9. The minimum Gasteiger partial charge on any atom is -0.495 e. The van der Waals surface area contributed by atoms with E-state index in [1.54, 1.807) is 19.1 Å². The Bertz CT molecular complexity index is 1080. The van der Waals surface area contributed by atoms with Crippen LogP contribution in [-0.4, -0.2) is 45.0 Å². The molecular formula is C19H21N3O8S. The van der Waals surface area contributed by atoms with Crippen LogP contribution >= 0.6 is 0 Å². The quantitative estimate of drug-likeness (QED) is 0.332. The maximum Gasteiger partial charge on any atom is 0.321 e. The molecule has 0 heterocycles. The van der Waals surface area contributed by atoms with Crippen molar-refractivity contribution in [1.29, 1.82) is 0 Å². The van der Waals surface area contributed by atoms with E-state index in [2.05, 4.69) is 10.0 Å². The van der Waals surface area contributed by atoms with Gasteiger partial charge in [-0.25, -0.2) is 8.42 Å². The Morgan fingerprint density at radius 2 is 1.81 bits per heavy atom. The van der Waals surface area contributed by atoms with Crippen molar-refractivity contribution < 1.29 is 32.4 Å². The van der Waals surface area contributed by atoms with E-state index in [9.17, 15) is 28.1 Å². The van der Waals surface area contributed by atoms with Crippen molar-refractivity contribution in [3.05, 3.63) is 58.1 Å². The molecule has 2 aromatic carbocycles. The third-order valence-corrected chi connectivity index (χ3v) is 5.48. The number of non-ortho nitro benzene ring substituents is 1. The lowest BCUT2D eigenvalue weighted by Crippen LogP contribution is -2.35. The second-order valence-electron chi connectivity index (χ2n) is 6.40. The normalized spacial score (nSPS) is 12.0. The van der Waals surface area contributed by atoms with Gasteiger partial charge in [-0.1, -0.05) is 17.7 Å². The summed E-state index contributed by atoms with van der Waals surface area (Å²) in [5.41, 5.74) is 0.620. The number of ether oxygens (including phenoxy) is 2. The first-order valence-electron chi connectivity index (χ1n) is 8.92. The van der Waals surface area contributed by atoms with Crippen LogP contribution in [0.4, 0.5) is 11.4 Å². The molecule has 12 heteroatoms. The molecule has 0 saturated carbocycles. The van der Waals surface area contributed by atoms with Crippen LogP contribution in [0.5, 0.6) is 5.75 Å². The zero-order chi connectivity index (χ0) is 23.2. The average Bonchev–Trinajstić information content (AvgIpc) is 2.72. The van der Waals surface area contributed by atoms with Crippen LogP contribution in [0.3, 0.4) is 0 Å². The number of amides is 1. The predicted molar refractivity (Wildman–Crippen MR) is 110 cm³/mol. The first kappa shape index (κ1) is 23.8. The average molecular weight is 451 g/mol. The minimum absolute atomic E-state index is 0.0182. The first-order chi connectivity index (χ1) is 14.5. The zero-order valence-electron chi connectivity index (χ0n) is 16.9. The molecular weight excluding hydrogens is 430 g/mol. The van der Waals surface area contributed by atoms with Gasteiger partial charge in [-0.3, -0.25) is 19.7 Å². The minimum atomic E-state index is -3.93. The molecule has 1 unspecified atom stereocenters. The first-order valence-corrected chi connectivity index (χ1v) is 10.4. The fourth-order valence-corrected chi connectivity index (χ4v) is 3.36. The van der Waals surface area contributed by atoms with Gasteiger partial charge in [0.1, 0.15) is 12.3 Å². The topological polar surface area (TPSA) is 154 Å². The molecule has 0 fully saturated rings. The highest BCUT2D eigenvalue weighted by Crippen LogP contribution is 2.29.